The predicted octanol–water partition coefficient (Wildman–Crippen LogP) is 3.40. The fourth-order valence-corrected chi connectivity index (χ4v) is 2.30. The van der Waals surface area contributed by atoms with Gasteiger partial charge in [0.1, 0.15) is 17.3 Å². The molecule has 0 radical (unpaired) electrons. The zero-order valence-corrected chi connectivity index (χ0v) is 12.2. The van der Waals surface area contributed by atoms with E-state index in [1.54, 1.807) is 12.4 Å². The number of pyridine rings is 1. The van der Waals surface area contributed by atoms with Crippen LogP contribution in [0.3, 0.4) is 0 Å². The van der Waals surface area contributed by atoms with Gasteiger partial charge in [0.15, 0.2) is 0 Å². The molecule has 2 aromatic rings. The van der Waals surface area contributed by atoms with E-state index in [0.717, 1.165) is 46.8 Å². The summed E-state index contributed by atoms with van der Waals surface area (Å²) >= 11 is 3.41. The number of nitrogen functional groups attached to an aromatic ring is 1. The highest BCUT2D eigenvalue weighted by atomic mass is 79.9. The van der Waals surface area contributed by atoms with Crippen LogP contribution >= 0.6 is 15.9 Å². The molecule has 0 aliphatic rings. The van der Waals surface area contributed by atoms with E-state index < -0.39 is 0 Å². The van der Waals surface area contributed by atoms with Crippen LogP contribution in [0.25, 0.3) is 11.3 Å². The van der Waals surface area contributed by atoms with Crippen LogP contribution in [0.1, 0.15) is 25.6 Å². The Balaban J connectivity index is 2.40. The number of aromatic nitrogens is 3. The predicted molar refractivity (Wildman–Crippen MR) is 77.2 cm³/mol. The summed E-state index contributed by atoms with van der Waals surface area (Å²) in [5.74, 6) is 1.68. The van der Waals surface area contributed by atoms with Crippen LogP contribution in [-0.4, -0.2) is 14.5 Å². The summed E-state index contributed by atoms with van der Waals surface area (Å²) in [6.45, 7) is 5.07. The fraction of sp³-hybridized carbons (Fsp3) is 0.385. The summed E-state index contributed by atoms with van der Waals surface area (Å²) in [6.07, 6.45) is 5.79. The monoisotopic (exact) mass is 308 g/mol. The van der Waals surface area contributed by atoms with Crippen molar-refractivity contribution in [3.05, 3.63) is 28.8 Å². The Morgan fingerprint density at radius 3 is 2.83 bits per heavy atom. The average Bonchev–Trinajstić information content (AvgIpc) is 2.63. The second-order valence-electron chi connectivity index (χ2n) is 4.29. The Kier molecular flexibility index (Phi) is 4.01. The molecule has 0 fully saturated rings. The smallest absolute Gasteiger partial charge is 0.131 e. The minimum absolute atomic E-state index is 0.723. The highest BCUT2D eigenvalue weighted by molar-refractivity contribution is 9.10. The van der Waals surface area contributed by atoms with Crippen LogP contribution in [0.2, 0.25) is 0 Å². The SMILES string of the molecule is CCCCn1c(C)nc(-c2cncc(Br)c2)c1N. The van der Waals surface area contributed by atoms with Gasteiger partial charge in [0, 0.05) is 29.0 Å². The lowest BCUT2D eigenvalue weighted by molar-refractivity contribution is 0.622. The van der Waals surface area contributed by atoms with E-state index in [4.69, 9.17) is 5.73 Å². The van der Waals surface area contributed by atoms with Crippen LogP contribution in [0, 0.1) is 6.92 Å². The minimum Gasteiger partial charge on any atom is -0.383 e. The van der Waals surface area contributed by atoms with E-state index in [9.17, 15) is 0 Å². The highest BCUT2D eigenvalue weighted by Gasteiger charge is 2.13. The van der Waals surface area contributed by atoms with Crippen molar-refractivity contribution < 1.29 is 0 Å². The summed E-state index contributed by atoms with van der Waals surface area (Å²) in [6, 6.07) is 1.98. The molecule has 2 heterocycles. The first-order valence-corrected chi connectivity index (χ1v) is 6.86. The van der Waals surface area contributed by atoms with Gasteiger partial charge in [-0.3, -0.25) is 4.98 Å². The molecule has 0 unspecified atom stereocenters. The molecule has 5 heteroatoms. The maximum Gasteiger partial charge on any atom is 0.131 e. The zero-order valence-electron chi connectivity index (χ0n) is 10.7. The third-order valence-electron chi connectivity index (χ3n) is 2.91. The van der Waals surface area contributed by atoms with Crippen LogP contribution in [0.15, 0.2) is 22.9 Å². The lowest BCUT2D eigenvalue weighted by atomic mass is 10.2. The lowest BCUT2D eigenvalue weighted by Crippen LogP contribution is -2.04. The second-order valence-corrected chi connectivity index (χ2v) is 5.21. The van der Waals surface area contributed by atoms with Crippen molar-refractivity contribution >= 4 is 21.7 Å². The van der Waals surface area contributed by atoms with Gasteiger partial charge in [-0.25, -0.2) is 4.98 Å². The van der Waals surface area contributed by atoms with Gasteiger partial charge < -0.3 is 10.3 Å². The molecule has 0 atom stereocenters. The molecule has 0 amide bonds. The van der Waals surface area contributed by atoms with E-state index in [1.165, 1.54) is 0 Å². The first-order valence-electron chi connectivity index (χ1n) is 6.07. The van der Waals surface area contributed by atoms with Crippen molar-refractivity contribution in [2.45, 2.75) is 33.2 Å². The van der Waals surface area contributed by atoms with Crippen molar-refractivity contribution in [2.75, 3.05) is 5.73 Å². The number of nitrogens with zero attached hydrogens (tertiary/aromatic N) is 3. The molecule has 0 bridgehead atoms. The average molecular weight is 309 g/mol. The van der Waals surface area contributed by atoms with E-state index in [-0.39, 0.29) is 0 Å². The van der Waals surface area contributed by atoms with Crippen molar-refractivity contribution in [3.63, 3.8) is 0 Å². The molecule has 0 aliphatic carbocycles. The van der Waals surface area contributed by atoms with Gasteiger partial charge in [-0.15, -0.1) is 0 Å². The molecule has 0 spiro atoms. The van der Waals surface area contributed by atoms with Crippen molar-refractivity contribution in [1.82, 2.24) is 14.5 Å². The Hall–Kier alpha value is -1.36. The molecule has 2 N–H and O–H groups in total. The number of aryl methyl sites for hydroxylation is 1. The molecule has 0 aliphatic heterocycles. The topological polar surface area (TPSA) is 56.7 Å². The Morgan fingerprint density at radius 1 is 1.39 bits per heavy atom. The van der Waals surface area contributed by atoms with Crippen molar-refractivity contribution in [3.8, 4) is 11.3 Å². The standard InChI is InChI=1S/C13H17BrN4/c1-3-4-5-18-9(2)17-12(13(18)15)10-6-11(14)8-16-7-10/h6-8H,3-5,15H2,1-2H3. The summed E-state index contributed by atoms with van der Waals surface area (Å²) in [7, 11) is 0. The van der Waals surface area contributed by atoms with Gasteiger partial charge in [0.2, 0.25) is 0 Å². The Morgan fingerprint density at radius 2 is 2.17 bits per heavy atom. The van der Waals surface area contributed by atoms with Crippen LogP contribution in [-0.2, 0) is 6.54 Å². The second kappa shape index (κ2) is 5.52. The van der Waals surface area contributed by atoms with Gasteiger partial charge in [-0.1, -0.05) is 13.3 Å². The van der Waals surface area contributed by atoms with Crippen molar-refractivity contribution in [2.24, 2.45) is 0 Å². The molecule has 0 saturated heterocycles. The summed E-state index contributed by atoms with van der Waals surface area (Å²) in [5.41, 5.74) is 7.95. The lowest BCUT2D eigenvalue weighted by Gasteiger charge is -2.06. The highest BCUT2D eigenvalue weighted by Crippen LogP contribution is 2.27. The van der Waals surface area contributed by atoms with E-state index >= 15 is 0 Å². The number of rotatable bonds is 4. The van der Waals surface area contributed by atoms with Gasteiger partial charge in [-0.2, -0.15) is 0 Å². The summed E-state index contributed by atoms with van der Waals surface area (Å²) in [5, 5.41) is 0. The number of hydrogen-bond donors (Lipinski definition) is 1. The summed E-state index contributed by atoms with van der Waals surface area (Å²) < 4.78 is 3.00. The molecule has 96 valence electrons. The maximum atomic E-state index is 6.18. The maximum absolute atomic E-state index is 6.18. The molecular weight excluding hydrogens is 292 g/mol. The molecule has 18 heavy (non-hydrogen) atoms. The fourth-order valence-electron chi connectivity index (χ4n) is 1.93. The molecule has 0 aromatic carbocycles. The molecule has 2 rings (SSSR count). The number of halogens is 1. The number of imidazole rings is 1. The molecular formula is C13H17BrN4. The number of unbranched alkanes of at least 4 members (excludes halogenated alkanes) is 1. The minimum atomic E-state index is 0.723. The van der Waals surface area contributed by atoms with E-state index in [1.807, 2.05) is 13.0 Å². The van der Waals surface area contributed by atoms with Crippen LogP contribution < -0.4 is 5.73 Å². The van der Waals surface area contributed by atoms with Crippen molar-refractivity contribution in [1.29, 1.82) is 0 Å². The number of hydrogen-bond acceptors (Lipinski definition) is 3. The molecule has 4 nitrogen and oxygen atoms in total. The van der Waals surface area contributed by atoms with Gasteiger partial charge in [0.05, 0.1) is 0 Å². The van der Waals surface area contributed by atoms with Gasteiger partial charge in [-0.05, 0) is 35.3 Å². The number of anilines is 1. The van der Waals surface area contributed by atoms with E-state index in [0.29, 0.717) is 0 Å². The van der Waals surface area contributed by atoms with Gasteiger partial charge >= 0.3 is 0 Å². The van der Waals surface area contributed by atoms with Crippen LogP contribution in [0.5, 0.6) is 0 Å². The van der Waals surface area contributed by atoms with Crippen LogP contribution in [0.4, 0.5) is 5.82 Å². The first kappa shape index (κ1) is 13.1. The zero-order chi connectivity index (χ0) is 13.1. The van der Waals surface area contributed by atoms with E-state index in [2.05, 4.69) is 37.4 Å². The third-order valence-corrected chi connectivity index (χ3v) is 3.34. The quantitative estimate of drug-likeness (QED) is 0.941. The normalized spacial score (nSPS) is 10.8. The summed E-state index contributed by atoms with van der Waals surface area (Å²) in [4.78, 5) is 8.70. The first-order chi connectivity index (χ1) is 8.63. The largest absolute Gasteiger partial charge is 0.383 e. The third kappa shape index (κ3) is 2.56. The Labute approximate surface area is 115 Å². The Bertz CT molecular complexity index is 548. The molecule has 0 saturated carbocycles. The molecule has 2 aromatic heterocycles. The number of nitrogens with two attached hydrogens (primary N) is 1. The van der Waals surface area contributed by atoms with Gasteiger partial charge in [0.25, 0.3) is 0 Å².